The second kappa shape index (κ2) is 5.56. The number of hydrogen-bond acceptors (Lipinski definition) is 3. The molecule has 6 nitrogen and oxygen atoms in total. The van der Waals surface area contributed by atoms with E-state index < -0.39 is 23.6 Å². The fourth-order valence-corrected chi connectivity index (χ4v) is 1.95. The maximum absolute atomic E-state index is 11.8. The molecule has 18 heavy (non-hydrogen) atoms. The van der Waals surface area contributed by atoms with Gasteiger partial charge in [0.2, 0.25) is 0 Å². The zero-order valence-electron chi connectivity index (χ0n) is 11.3. The highest BCUT2D eigenvalue weighted by Crippen LogP contribution is 2.24. The van der Waals surface area contributed by atoms with Gasteiger partial charge in [0.1, 0.15) is 6.04 Å². The van der Waals surface area contributed by atoms with Gasteiger partial charge in [-0.2, -0.15) is 0 Å². The molecule has 0 spiro atoms. The van der Waals surface area contributed by atoms with Crippen LogP contribution in [0.2, 0.25) is 0 Å². The van der Waals surface area contributed by atoms with Gasteiger partial charge in [-0.25, -0.2) is 9.59 Å². The number of nitrogens with one attached hydrogen (secondary N) is 2. The summed E-state index contributed by atoms with van der Waals surface area (Å²) in [5.74, 6) is -1.20. The van der Waals surface area contributed by atoms with Crippen LogP contribution in [0.5, 0.6) is 0 Å². The maximum atomic E-state index is 11.8. The third kappa shape index (κ3) is 3.35. The average molecular weight is 258 g/mol. The van der Waals surface area contributed by atoms with E-state index in [1.54, 1.807) is 13.8 Å². The van der Waals surface area contributed by atoms with Crippen molar-refractivity contribution in [3.05, 3.63) is 0 Å². The molecule has 0 radical (unpaired) electrons. The first kappa shape index (κ1) is 14.8. The topological polar surface area (TPSA) is 87.7 Å². The number of hydrogen-bond donors (Lipinski definition) is 3. The van der Waals surface area contributed by atoms with Crippen molar-refractivity contribution in [1.82, 2.24) is 10.6 Å². The molecule has 1 heterocycles. The smallest absolute Gasteiger partial charge is 0.326 e. The summed E-state index contributed by atoms with van der Waals surface area (Å²) in [7, 11) is 0. The Hall–Kier alpha value is -1.30. The first-order chi connectivity index (χ1) is 8.26. The molecule has 6 heteroatoms. The Balaban J connectivity index is 2.58. The van der Waals surface area contributed by atoms with Crippen LogP contribution in [0.15, 0.2) is 0 Å². The van der Waals surface area contributed by atoms with Crippen molar-refractivity contribution in [3.63, 3.8) is 0 Å². The number of aliphatic carboxylic acids is 1. The minimum Gasteiger partial charge on any atom is -0.480 e. The largest absolute Gasteiger partial charge is 0.480 e. The van der Waals surface area contributed by atoms with Crippen LogP contribution in [0.3, 0.4) is 0 Å². The van der Waals surface area contributed by atoms with Gasteiger partial charge in [-0.05, 0) is 26.2 Å². The molecule has 3 N–H and O–H groups in total. The lowest BCUT2D eigenvalue weighted by Crippen LogP contribution is -2.57. The molecular weight excluding hydrogens is 236 g/mol. The summed E-state index contributed by atoms with van der Waals surface area (Å²) in [6.07, 6.45) is 0.645. The lowest BCUT2D eigenvalue weighted by molar-refractivity contribution is -0.140. The third-order valence-corrected chi connectivity index (χ3v) is 3.50. The van der Waals surface area contributed by atoms with Crippen molar-refractivity contribution in [2.24, 2.45) is 5.92 Å². The van der Waals surface area contributed by atoms with Gasteiger partial charge in [-0.1, -0.05) is 13.8 Å². The molecule has 2 unspecified atom stereocenters. The molecule has 2 amide bonds. The van der Waals surface area contributed by atoms with Crippen LogP contribution < -0.4 is 10.6 Å². The first-order valence-electron chi connectivity index (χ1n) is 6.19. The summed E-state index contributed by atoms with van der Waals surface area (Å²) >= 11 is 0. The lowest BCUT2D eigenvalue weighted by atomic mass is 9.95. The minimum atomic E-state index is -1.03. The molecule has 1 rings (SSSR count). The third-order valence-electron chi connectivity index (χ3n) is 3.50. The number of carbonyl (C=O) groups is 2. The Morgan fingerprint density at radius 1 is 1.44 bits per heavy atom. The highest BCUT2D eigenvalue weighted by atomic mass is 16.5. The second-order valence-corrected chi connectivity index (χ2v) is 5.34. The number of amides is 2. The Morgan fingerprint density at radius 2 is 2.06 bits per heavy atom. The highest BCUT2D eigenvalue weighted by Gasteiger charge is 2.39. The van der Waals surface area contributed by atoms with Gasteiger partial charge in [-0.15, -0.1) is 0 Å². The Morgan fingerprint density at radius 3 is 2.44 bits per heavy atom. The van der Waals surface area contributed by atoms with Crippen LogP contribution in [0.25, 0.3) is 0 Å². The predicted octanol–water partition coefficient (Wildman–Crippen LogP) is 0.962. The van der Waals surface area contributed by atoms with Gasteiger partial charge < -0.3 is 20.5 Å². The fraction of sp³-hybridized carbons (Fsp3) is 0.833. The summed E-state index contributed by atoms with van der Waals surface area (Å²) < 4.78 is 5.41. The van der Waals surface area contributed by atoms with Crippen molar-refractivity contribution in [2.75, 3.05) is 6.61 Å². The van der Waals surface area contributed by atoms with Gasteiger partial charge >= 0.3 is 12.0 Å². The average Bonchev–Trinajstić information content (AvgIpc) is 2.54. The summed E-state index contributed by atoms with van der Waals surface area (Å²) in [5, 5.41) is 14.3. The normalized spacial score (nSPS) is 29.1. The lowest BCUT2D eigenvalue weighted by Gasteiger charge is -2.30. The Kier molecular flexibility index (Phi) is 4.56. The summed E-state index contributed by atoms with van der Waals surface area (Å²) in [6.45, 7) is 7.90. The van der Waals surface area contributed by atoms with E-state index in [0.717, 1.165) is 6.42 Å². The molecule has 1 aliphatic rings. The maximum Gasteiger partial charge on any atom is 0.326 e. The molecule has 104 valence electrons. The molecule has 1 saturated heterocycles. The molecule has 0 aliphatic carbocycles. The zero-order valence-corrected chi connectivity index (χ0v) is 11.3. The van der Waals surface area contributed by atoms with E-state index in [9.17, 15) is 9.59 Å². The highest BCUT2D eigenvalue weighted by molar-refractivity contribution is 5.83. The summed E-state index contributed by atoms with van der Waals surface area (Å²) in [5.41, 5.74) is -0.440. The Bertz CT molecular complexity index is 332. The number of ether oxygens (including phenoxy) is 1. The molecule has 3 atom stereocenters. The van der Waals surface area contributed by atoms with Crippen LogP contribution in [0.1, 0.15) is 34.1 Å². The molecule has 0 aromatic rings. The van der Waals surface area contributed by atoms with Gasteiger partial charge in [0.05, 0.1) is 11.6 Å². The van der Waals surface area contributed by atoms with Crippen molar-refractivity contribution in [1.29, 1.82) is 0 Å². The van der Waals surface area contributed by atoms with Crippen molar-refractivity contribution in [2.45, 2.75) is 51.8 Å². The van der Waals surface area contributed by atoms with E-state index in [1.807, 2.05) is 13.8 Å². The van der Waals surface area contributed by atoms with Crippen molar-refractivity contribution < 1.29 is 19.4 Å². The SMILES string of the molecule is CC(C)[C@@H](NC(=O)NC1(C)CCOC1C)C(=O)O. The second-order valence-electron chi connectivity index (χ2n) is 5.34. The van der Waals surface area contributed by atoms with E-state index in [2.05, 4.69) is 10.6 Å². The molecule has 0 aromatic carbocycles. The van der Waals surface area contributed by atoms with Gasteiger partial charge in [-0.3, -0.25) is 0 Å². The van der Waals surface area contributed by atoms with E-state index in [-0.39, 0.29) is 12.0 Å². The van der Waals surface area contributed by atoms with Crippen LogP contribution >= 0.6 is 0 Å². The van der Waals surface area contributed by atoms with E-state index in [4.69, 9.17) is 9.84 Å². The van der Waals surface area contributed by atoms with Gasteiger partial charge in [0.25, 0.3) is 0 Å². The first-order valence-corrected chi connectivity index (χ1v) is 6.19. The molecule has 1 aliphatic heterocycles. The standard InChI is InChI=1S/C12H22N2O4/c1-7(2)9(10(15)16)13-11(17)14-12(4)5-6-18-8(12)3/h7-9H,5-6H2,1-4H3,(H,15,16)(H2,13,14,17)/t8?,9-,12?/m1/s1. The van der Waals surface area contributed by atoms with Crippen molar-refractivity contribution in [3.8, 4) is 0 Å². The monoisotopic (exact) mass is 258 g/mol. The molecule has 0 saturated carbocycles. The fourth-order valence-electron chi connectivity index (χ4n) is 1.95. The predicted molar refractivity (Wildman–Crippen MR) is 66.4 cm³/mol. The Labute approximate surface area is 107 Å². The van der Waals surface area contributed by atoms with Crippen molar-refractivity contribution >= 4 is 12.0 Å². The van der Waals surface area contributed by atoms with Crippen LogP contribution in [0.4, 0.5) is 4.79 Å². The number of carbonyl (C=O) groups excluding carboxylic acids is 1. The number of urea groups is 1. The molecule has 1 fully saturated rings. The van der Waals surface area contributed by atoms with E-state index in [0.29, 0.717) is 6.61 Å². The number of rotatable bonds is 4. The number of carboxylic acids is 1. The van der Waals surface area contributed by atoms with Crippen LogP contribution in [-0.4, -0.2) is 41.4 Å². The van der Waals surface area contributed by atoms with E-state index >= 15 is 0 Å². The van der Waals surface area contributed by atoms with E-state index in [1.165, 1.54) is 0 Å². The van der Waals surface area contributed by atoms with Crippen LogP contribution in [-0.2, 0) is 9.53 Å². The molecule has 0 aromatic heterocycles. The van der Waals surface area contributed by atoms with Gasteiger partial charge in [0.15, 0.2) is 0 Å². The van der Waals surface area contributed by atoms with Gasteiger partial charge in [0, 0.05) is 6.61 Å². The zero-order chi connectivity index (χ0) is 13.9. The summed E-state index contributed by atoms with van der Waals surface area (Å²) in [4.78, 5) is 22.8. The quantitative estimate of drug-likeness (QED) is 0.701. The molecular formula is C12H22N2O4. The number of carboxylic acid groups (broad SMARTS) is 1. The van der Waals surface area contributed by atoms with Crippen LogP contribution in [0, 0.1) is 5.92 Å². The summed E-state index contributed by atoms with van der Waals surface area (Å²) in [6, 6.07) is -1.35. The minimum absolute atomic E-state index is 0.0782. The molecule has 0 bridgehead atoms.